The SMILES string of the molecule is CC(N)(C#N)CCOc1ccc(F)c(F)c1. The molecule has 5 heteroatoms. The zero-order chi connectivity index (χ0) is 12.2. The minimum Gasteiger partial charge on any atom is -0.493 e. The fourth-order valence-corrected chi connectivity index (χ4v) is 1.00. The number of nitrogens with two attached hydrogens (primary N) is 1. The van der Waals surface area contributed by atoms with Gasteiger partial charge in [0.05, 0.1) is 12.7 Å². The maximum Gasteiger partial charge on any atom is 0.162 e. The van der Waals surface area contributed by atoms with Crippen LogP contribution >= 0.6 is 0 Å². The molecule has 1 aromatic rings. The third-order valence-electron chi connectivity index (χ3n) is 2.04. The molecule has 0 saturated heterocycles. The van der Waals surface area contributed by atoms with Gasteiger partial charge in [0.2, 0.25) is 0 Å². The molecule has 0 spiro atoms. The van der Waals surface area contributed by atoms with Crippen LogP contribution in [0.2, 0.25) is 0 Å². The van der Waals surface area contributed by atoms with Crippen molar-refractivity contribution >= 4 is 0 Å². The number of ether oxygens (including phenoxy) is 1. The Morgan fingerprint density at radius 1 is 1.44 bits per heavy atom. The summed E-state index contributed by atoms with van der Waals surface area (Å²) in [6.45, 7) is 1.74. The third kappa shape index (κ3) is 3.48. The Morgan fingerprint density at radius 3 is 2.69 bits per heavy atom. The van der Waals surface area contributed by atoms with Crippen LogP contribution in [0.4, 0.5) is 8.78 Å². The predicted molar refractivity (Wildman–Crippen MR) is 54.7 cm³/mol. The topological polar surface area (TPSA) is 59.0 Å². The zero-order valence-corrected chi connectivity index (χ0v) is 8.84. The predicted octanol–water partition coefficient (Wildman–Crippen LogP) is 1.97. The average Bonchev–Trinajstić information content (AvgIpc) is 2.23. The van der Waals surface area contributed by atoms with Crippen molar-refractivity contribution in [1.82, 2.24) is 0 Å². The lowest BCUT2D eigenvalue weighted by Crippen LogP contribution is -2.35. The van der Waals surface area contributed by atoms with Crippen LogP contribution in [0.3, 0.4) is 0 Å². The monoisotopic (exact) mass is 226 g/mol. The molecular formula is C11H12F2N2O. The first-order valence-corrected chi connectivity index (χ1v) is 4.72. The van der Waals surface area contributed by atoms with E-state index in [-0.39, 0.29) is 12.4 Å². The summed E-state index contributed by atoms with van der Waals surface area (Å²) in [6.07, 6.45) is 0.308. The molecule has 0 saturated carbocycles. The summed E-state index contributed by atoms with van der Waals surface area (Å²) in [7, 11) is 0. The highest BCUT2D eigenvalue weighted by Gasteiger charge is 2.16. The van der Waals surface area contributed by atoms with Gasteiger partial charge in [0.1, 0.15) is 11.3 Å². The number of hydrogen-bond donors (Lipinski definition) is 1. The van der Waals surface area contributed by atoms with E-state index in [4.69, 9.17) is 15.7 Å². The van der Waals surface area contributed by atoms with Gasteiger partial charge in [-0.3, -0.25) is 0 Å². The first-order chi connectivity index (χ1) is 7.44. The van der Waals surface area contributed by atoms with E-state index < -0.39 is 17.2 Å². The summed E-state index contributed by atoms with van der Waals surface area (Å²) in [5.41, 5.74) is 4.59. The van der Waals surface area contributed by atoms with Crippen LogP contribution < -0.4 is 10.5 Å². The molecule has 1 aromatic carbocycles. The van der Waals surface area contributed by atoms with Gasteiger partial charge in [-0.1, -0.05) is 0 Å². The van der Waals surface area contributed by atoms with Gasteiger partial charge in [0.15, 0.2) is 11.6 Å². The molecule has 1 atom stereocenters. The lowest BCUT2D eigenvalue weighted by atomic mass is 10.0. The Balaban J connectivity index is 2.50. The molecular weight excluding hydrogens is 214 g/mol. The number of hydrogen-bond acceptors (Lipinski definition) is 3. The summed E-state index contributed by atoms with van der Waals surface area (Å²) in [4.78, 5) is 0. The van der Waals surface area contributed by atoms with Crippen molar-refractivity contribution < 1.29 is 13.5 Å². The lowest BCUT2D eigenvalue weighted by molar-refractivity contribution is 0.284. The van der Waals surface area contributed by atoms with Crippen molar-refractivity contribution in [2.45, 2.75) is 18.9 Å². The Morgan fingerprint density at radius 2 is 2.12 bits per heavy atom. The Hall–Kier alpha value is -1.67. The smallest absolute Gasteiger partial charge is 0.162 e. The van der Waals surface area contributed by atoms with E-state index in [1.54, 1.807) is 6.92 Å². The van der Waals surface area contributed by atoms with E-state index in [1.807, 2.05) is 6.07 Å². The molecule has 1 rings (SSSR count). The second-order valence-electron chi connectivity index (χ2n) is 3.70. The Kier molecular flexibility index (Phi) is 3.80. The molecule has 0 radical (unpaired) electrons. The molecule has 0 aliphatic rings. The largest absolute Gasteiger partial charge is 0.493 e. The van der Waals surface area contributed by atoms with E-state index in [2.05, 4.69) is 0 Å². The van der Waals surface area contributed by atoms with Crippen molar-refractivity contribution in [1.29, 1.82) is 5.26 Å². The van der Waals surface area contributed by atoms with Crippen molar-refractivity contribution in [3.8, 4) is 11.8 Å². The molecule has 3 nitrogen and oxygen atoms in total. The molecule has 0 fully saturated rings. The Bertz CT molecular complexity index is 413. The highest BCUT2D eigenvalue weighted by Crippen LogP contribution is 2.16. The summed E-state index contributed by atoms with van der Waals surface area (Å²) in [5.74, 6) is -1.67. The van der Waals surface area contributed by atoms with E-state index in [0.717, 1.165) is 12.1 Å². The quantitative estimate of drug-likeness (QED) is 0.853. The number of halogens is 2. The van der Waals surface area contributed by atoms with Crippen LogP contribution in [0.5, 0.6) is 5.75 Å². The molecule has 2 N–H and O–H groups in total. The van der Waals surface area contributed by atoms with Crippen molar-refractivity contribution in [3.63, 3.8) is 0 Å². The van der Waals surface area contributed by atoms with Gasteiger partial charge < -0.3 is 10.5 Å². The fourth-order valence-electron chi connectivity index (χ4n) is 1.00. The van der Waals surface area contributed by atoms with Gasteiger partial charge in [-0.05, 0) is 19.1 Å². The number of benzene rings is 1. The molecule has 0 aliphatic carbocycles. The molecule has 1 unspecified atom stereocenters. The highest BCUT2D eigenvalue weighted by molar-refractivity contribution is 5.23. The number of nitriles is 1. The summed E-state index contributed by atoms with van der Waals surface area (Å²) in [6, 6.07) is 5.17. The van der Waals surface area contributed by atoms with Crippen LogP contribution in [0.15, 0.2) is 18.2 Å². The van der Waals surface area contributed by atoms with Gasteiger partial charge in [-0.25, -0.2) is 8.78 Å². The van der Waals surface area contributed by atoms with E-state index >= 15 is 0 Å². The van der Waals surface area contributed by atoms with E-state index in [0.29, 0.717) is 6.42 Å². The molecule has 16 heavy (non-hydrogen) atoms. The Labute approximate surface area is 92.4 Å². The minimum absolute atomic E-state index is 0.172. The van der Waals surface area contributed by atoms with Gasteiger partial charge in [-0.15, -0.1) is 0 Å². The maximum atomic E-state index is 12.8. The number of rotatable bonds is 4. The van der Waals surface area contributed by atoms with E-state index in [9.17, 15) is 8.78 Å². The fraction of sp³-hybridized carbons (Fsp3) is 0.364. The normalized spacial score (nSPS) is 13.9. The average molecular weight is 226 g/mol. The number of nitrogens with zero attached hydrogens (tertiary/aromatic N) is 1. The summed E-state index contributed by atoms with van der Waals surface area (Å²) in [5, 5.41) is 8.63. The van der Waals surface area contributed by atoms with Crippen LogP contribution in [0.25, 0.3) is 0 Å². The van der Waals surface area contributed by atoms with Gasteiger partial charge in [-0.2, -0.15) is 5.26 Å². The minimum atomic E-state index is -0.974. The summed E-state index contributed by atoms with van der Waals surface area (Å²) >= 11 is 0. The van der Waals surface area contributed by atoms with Crippen LogP contribution in [0.1, 0.15) is 13.3 Å². The standard InChI is InChI=1S/C11H12F2N2O/c1-11(15,7-14)4-5-16-8-2-3-9(12)10(13)6-8/h2-3,6H,4-5,15H2,1H3. The van der Waals surface area contributed by atoms with E-state index in [1.165, 1.54) is 6.07 Å². The summed E-state index contributed by atoms with van der Waals surface area (Å²) < 4.78 is 30.5. The van der Waals surface area contributed by atoms with Crippen LogP contribution in [0, 0.1) is 23.0 Å². The first-order valence-electron chi connectivity index (χ1n) is 4.72. The maximum absolute atomic E-state index is 12.8. The first kappa shape index (κ1) is 12.4. The van der Waals surface area contributed by atoms with Crippen LogP contribution in [-0.2, 0) is 0 Å². The highest BCUT2D eigenvalue weighted by atomic mass is 19.2. The molecule has 0 amide bonds. The zero-order valence-electron chi connectivity index (χ0n) is 8.84. The van der Waals surface area contributed by atoms with Crippen molar-refractivity contribution in [2.24, 2.45) is 5.73 Å². The van der Waals surface area contributed by atoms with Crippen LogP contribution in [-0.4, -0.2) is 12.1 Å². The molecule has 0 aliphatic heterocycles. The van der Waals surface area contributed by atoms with Gasteiger partial charge in [0, 0.05) is 12.5 Å². The van der Waals surface area contributed by atoms with Crippen molar-refractivity contribution in [3.05, 3.63) is 29.8 Å². The second-order valence-corrected chi connectivity index (χ2v) is 3.70. The molecule has 86 valence electrons. The second kappa shape index (κ2) is 4.90. The molecule has 0 aromatic heterocycles. The molecule has 0 bridgehead atoms. The lowest BCUT2D eigenvalue weighted by Gasteiger charge is -2.15. The molecule has 0 heterocycles. The van der Waals surface area contributed by atoms with Crippen molar-refractivity contribution in [2.75, 3.05) is 6.61 Å². The third-order valence-corrected chi connectivity index (χ3v) is 2.04. The van der Waals surface area contributed by atoms with Gasteiger partial charge >= 0.3 is 0 Å². The van der Waals surface area contributed by atoms with Gasteiger partial charge in [0.25, 0.3) is 0 Å².